The maximum atomic E-state index is 12.6. The molecular weight excluding hydrogens is 327 g/mol. The van der Waals surface area contributed by atoms with Crippen molar-refractivity contribution in [2.24, 2.45) is 5.92 Å². The van der Waals surface area contributed by atoms with Gasteiger partial charge in [-0.3, -0.25) is 0 Å². The molecule has 0 radical (unpaired) electrons. The minimum atomic E-state index is -4.32. The number of halogens is 4. The van der Waals surface area contributed by atoms with E-state index in [0.29, 0.717) is 5.75 Å². The maximum absolute atomic E-state index is 12.6. The number of ether oxygens (including phenoxy) is 1. The van der Waals surface area contributed by atoms with Gasteiger partial charge >= 0.3 is 6.18 Å². The summed E-state index contributed by atoms with van der Waals surface area (Å²) >= 11 is 0. The number of hydrogen-bond donors (Lipinski definition) is 1. The van der Waals surface area contributed by atoms with Crippen molar-refractivity contribution in [3.8, 4) is 5.75 Å². The molecule has 0 saturated heterocycles. The van der Waals surface area contributed by atoms with Crippen molar-refractivity contribution in [3.05, 3.63) is 54.1 Å². The Kier molecular flexibility index (Phi) is 7.65. The van der Waals surface area contributed by atoms with E-state index in [1.165, 1.54) is 12.1 Å². The zero-order valence-corrected chi connectivity index (χ0v) is 13.7. The Morgan fingerprint density at radius 3 is 2.43 bits per heavy atom. The Morgan fingerprint density at radius 1 is 1.22 bits per heavy atom. The lowest BCUT2D eigenvalue weighted by Crippen LogP contribution is -2.29. The van der Waals surface area contributed by atoms with Gasteiger partial charge in [0, 0.05) is 5.92 Å². The fraction of sp³-hybridized carbons (Fsp3) is 0.412. The Balaban J connectivity index is 0.00000264. The van der Waals surface area contributed by atoms with Gasteiger partial charge in [0.15, 0.2) is 0 Å². The second-order valence-corrected chi connectivity index (χ2v) is 5.28. The van der Waals surface area contributed by atoms with Gasteiger partial charge in [0.05, 0.1) is 5.56 Å². The second kappa shape index (κ2) is 8.99. The smallest absolute Gasteiger partial charge is 0.416 e. The monoisotopic (exact) mass is 347 g/mol. The predicted octanol–water partition coefficient (Wildman–Crippen LogP) is 4.62. The summed E-state index contributed by atoms with van der Waals surface area (Å²) in [6, 6.07) is 4.89. The van der Waals surface area contributed by atoms with Gasteiger partial charge in [0.25, 0.3) is 0 Å². The zero-order chi connectivity index (χ0) is 16.0. The van der Waals surface area contributed by atoms with Crippen LogP contribution in [-0.4, -0.2) is 19.7 Å². The van der Waals surface area contributed by atoms with Crippen molar-refractivity contribution < 1.29 is 17.9 Å². The molecule has 0 saturated carbocycles. The zero-order valence-electron chi connectivity index (χ0n) is 12.8. The third-order valence-electron chi connectivity index (χ3n) is 3.64. The van der Waals surface area contributed by atoms with Gasteiger partial charge in [-0.1, -0.05) is 24.3 Å². The Labute approximate surface area is 140 Å². The van der Waals surface area contributed by atoms with Crippen LogP contribution in [-0.2, 0) is 6.18 Å². The molecule has 1 aliphatic carbocycles. The number of alkyl halides is 3. The van der Waals surface area contributed by atoms with Crippen LogP contribution in [0.4, 0.5) is 13.2 Å². The van der Waals surface area contributed by atoms with Crippen LogP contribution in [0.3, 0.4) is 0 Å². The molecule has 0 spiro atoms. The standard InChI is InChI=1S/C17H20F3NO.ClH/c1-21-12-11-16(13-5-3-2-4-6-13)22-15-9-7-14(8-10-15)17(18,19)20;/h2-5,7-10,13,16,21H,6,11-12H2,1H3;1H. The van der Waals surface area contributed by atoms with Crippen LogP contribution in [0.5, 0.6) is 5.75 Å². The summed E-state index contributed by atoms with van der Waals surface area (Å²) < 4.78 is 43.7. The number of rotatable bonds is 6. The lowest BCUT2D eigenvalue weighted by molar-refractivity contribution is -0.137. The molecule has 1 N–H and O–H groups in total. The second-order valence-electron chi connectivity index (χ2n) is 5.28. The number of hydrogen-bond acceptors (Lipinski definition) is 2. The van der Waals surface area contributed by atoms with E-state index in [1.807, 2.05) is 19.2 Å². The topological polar surface area (TPSA) is 21.3 Å². The number of benzene rings is 1. The van der Waals surface area contributed by atoms with E-state index in [2.05, 4.69) is 17.5 Å². The quantitative estimate of drug-likeness (QED) is 0.811. The number of nitrogens with one attached hydrogen (secondary N) is 1. The molecule has 2 unspecified atom stereocenters. The van der Waals surface area contributed by atoms with Crippen LogP contribution < -0.4 is 10.1 Å². The molecule has 0 aliphatic heterocycles. The molecule has 2 atom stereocenters. The largest absolute Gasteiger partial charge is 0.490 e. The fourth-order valence-corrected chi connectivity index (χ4v) is 2.42. The third kappa shape index (κ3) is 5.92. The summed E-state index contributed by atoms with van der Waals surface area (Å²) in [7, 11) is 1.87. The third-order valence-corrected chi connectivity index (χ3v) is 3.64. The summed E-state index contributed by atoms with van der Waals surface area (Å²) in [5.74, 6) is 0.706. The Hall–Kier alpha value is -1.46. The molecule has 0 heterocycles. The van der Waals surface area contributed by atoms with Crippen molar-refractivity contribution in [1.82, 2.24) is 5.32 Å². The summed E-state index contributed by atoms with van der Waals surface area (Å²) in [4.78, 5) is 0. The number of allylic oxidation sites excluding steroid dienone is 3. The van der Waals surface area contributed by atoms with Crippen LogP contribution in [0, 0.1) is 5.92 Å². The van der Waals surface area contributed by atoms with E-state index in [1.54, 1.807) is 0 Å². The summed E-state index contributed by atoms with van der Waals surface area (Å²) in [6.07, 6.45) is 5.43. The Morgan fingerprint density at radius 2 is 1.91 bits per heavy atom. The predicted molar refractivity (Wildman–Crippen MR) is 88.0 cm³/mol. The highest BCUT2D eigenvalue weighted by atomic mass is 35.5. The van der Waals surface area contributed by atoms with E-state index >= 15 is 0 Å². The van der Waals surface area contributed by atoms with E-state index in [9.17, 15) is 13.2 Å². The molecule has 1 aromatic carbocycles. The normalized spacial score (nSPS) is 18.3. The van der Waals surface area contributed by atoms with Gasteiger partial charge in [0.1, 0.15) is 11.9 Å². The summed E-state index contributed by atoms with van der Waals surface area (Å²) in [5, 5.41) is 3.08. The van der Waals surface area contributed by atoms with E-state index in [4.69, 9.17) is 4.74 Å². The molecule has 6 heteroatoms. The van der Waals surface area contributed by atoms with Gasteiger partial charge in [-0.15, -0.1) is 12.4 Å². The summed E-state index contributed by atoms with van der Waals surface area (Å²) in [6.45, 7) is 0.791. The van der Waals surface area contributed by atoms with Gasteiger partial charge in [-0.25, -0.2) is 0 Å². The molecule has 1 aromatic rings. The lowest BCUT2D eigenvalue weighted by atomic mass is 9.92. The summed E-state index contributed by atoms with van der Waals surface area (Å²) in [5.41, 5.74) is -0.660. The fourth-order valence-electron chi connectivity index (χ4n) is 2.42. The van der Waals surface area contributed by atoms with Crippen LogP contribution >= 0.6 is 12.4 Å². The van der Waals surface area contributed by atoms with Crippen molar-refractivity contribution in [2.75, 3.05) is 13.6 Å². The highest BCUT2D eigenvalue weighted by Crippen LogP contribution is 2.31. The first-order valence-corrected chi connectivity index (χ1v) is 7.32. The van der Waals surface area contributed by atoms with E-state index in [-0.39, 0.29) is 24.4 Å². The molecule has 0 fully saturated rings. The molecule has 0 aromatic heterocycles. The minimum Gasteiger partial charge on any atom is -0.490 e. The van der Waals surface area contributed by atoms with E-state index < -0.39 is 11.7 Å². The van der Waals surface area contributed by atoms with Crippen molar-refractivity contribution in [1.29, 1.82) is 0 Å². The van der Waals surface area contributed by atoms with Gasteiger partial charge in [-0.05, 0) is 50.7 Å². The highest BCUT2D eigenvalue weighted by molar-refractivity contribution is 5.85. The highest BCUT2D eigenvalue weighted by Gasteiger charge is 2.30. The Bertz CT molecular complexity index is 526. The van der Waals surface area contributed by atoms with Gasteiger partial charge in [-0.2, -0.15) is 13.2 Å². The molecule has 2 rings (SSSR count). The SMILES string of the molecule is CNCCC(Oc1ccc(C(F)(F)F)cc1)C1C=CC=CC1.Cl. The molecule has 23 heavy (non-hydrogen) atoms. The van der Waals surface area contributed by atoms with Crippen LogP contribution in [0.25, 0.3) is 0 Å². The maximum Gasteiger partial charge on any atom is 0.416 e. The molecule has 0 bridgehead atoms. The van der Waals surface area contributed by atoms with Gasteiger partial charge in [0.2, 0.25) is 0 Å². The van der Waals surface area contributed by atoms with Crippen molar-refractivity contribution >= 4 is 12.4 Å². The molecule has 2 nitrogen and oxygen atoms in total. The van der Waals surface area contributed by atoms with Crippen molar-refractivity contribution in [3.63, 3.8) is 0 Å². The first kappa shape index (κ1) is 19.6. The van der Waals surface area contributed by atoms with Crippen LogP contribution in [0.15, 0.2) is 48.6 Å². The average Bonchev–Trinajstić information content (AvgIpc) is 2.52. The lowest BCUT2D eigenvalue weighted by Gasteiger charge is -2.26. The first-order chi connectivity index (χ1) is 10.5. The first-order valence-electron chi connectivity index (χ1n) is 7.32. The molecule has 1 aliphatic rings. The average molecular weight is 348 g/mol. The molecule has 128 valence electrons. The van der Waals surface area contributed by atoms with Crippen LogP contribution in [0.1, 0.15) is 18.4 Å². The van der Waals surface area contributed by atoms with E-state index in [0.717, 1.165) is 31.5 Å². The molecule has 0 amide bonds. The van der Waals surface area contributed by atoms with Crippen LogP contribution in [0.2, 0.25) is 0 Å². The molecular formula is C17H21ClF3NO. The van der Waals surface area contributed by atoms with Crippen molar-refractivity contribution in [2.45, 2.75) is 25.1 Å². The minimum absolute atomic E-state index is 0. The van der Waals surface area contributed by atoms with Gasteiger partial charge < -0.3 is 10.1 Å².